The lowest BCUT2D eigenvalue weighted by molar-refractivity contribution is -0.305. The summed E-state index contributed by atoms with van der Waals surface area (Å²) in [6.07, 6.45) is 63.5. The molecule has 1 rings (SSSR count). The van der Waals surface area contributed by atoms with Gasteiger partial charge in [-0.1, -0.05) is 267 Å². The van der Waals surface area contributed by atoms with E-state index in [9.17, 15) is 35.1 Å². The van der Waals surface area contributed by atoms with Crippen molar-refractivity contribution in [1.82, 2.24) is 5.32 Å². The van der Waals surface area contributed by atoms with Crippen molar-refractivity contribution in [3.63, 3.8) is 0 Å². The number of allylic oxidation sites excluding steroid dienone is 11. The van der Waals surface area contributed by atoms with Gasteiger partial charge < -0.3 is 45.1 Å². The third kappa shape index (κ3) is 45.2. The van der Waals surface area contributed by atoms with Gasteiger partial charge in [0.1, 0.15) is 24.4 Å². The minimum Gasteiger partial charge on any atom is -0.454 e. The highest BCUT2D eigenvalue weighted by atomic mass is 16.7. The maximum absolute atomic E-state index is 13.5. The molecule has 11 heteroatoms. The molecule has 8 unspecified atom stereocenters. The van der Waals surface area contributed by atoms with Gasteiger partial charge in [-0.25, -0.2) is 0 Å². The van der Waals surface area contributed by atoms with Crippen LogP contribution in [0.25, 0.3) is 0 Å². The summed E-state index contributed by atoms with van der Waals surface area (Å²) in [4.78, 5) is 26.6. The number of aliphatic hydroxyl groups is 5. The highest BCUT2D eigenvalue weighted by molar-refractivity contribution is 5.80. The van der Waals surface area contributed by atoms with E-state index in [0.717, 1.165) is 96.3 Å². The zero-order valence-corrected chi connectivity index (χ0v) is 52.1. The van der Waals surface area contributed by atoms with Gasteiger partial charge in [0.25, 0.3) is 0 Å². The van der Waals surface area contributed by atoms with E-state index in [1.807, 2.05) is 6.08 Å². The van der Waals surface area contributed by atoms with Gasteiger partial charge in [-0.2, -0.15) is 0 Å². The van der Waals surface area contributed by atoms with Crippen molar-refractivity contribution in [3.05, 3.63) is 72.9 Å². The smallest absolute Gasteiger partial charge is 0.306 e. The minimum atomic E-state index is -1.63. The van der Waals surface area contributed by atoms with Gasteiger partial charge in [0.2, 0.25) is 5.91 Å². The van der Waals surface area contributed by atoms with Crippen molar-refractivity contribution in [1.29, 1.82) is 0 Å². The van der Waals surface area contributed by atoms with Crippen LogP contribution < -0.4 is 5.32 Å². The van der Waals surface area contributed by atoms with Crippen LogP contribution in [-0.2, 0) is 23.8 Å². The van der Waals surface area contributed by atoms with E-state index >= 15 is 0 Å². The monoisotopic (exact) mass is 1140 g/mol. The predicted octanol–water partition coefficient (Wildman–Crippen LogP) is 16.7. The zero-order chi connectivity index (χ0) is 58.9. The highest BCUT2D eigenvalue weighted by Crippen LogP contribution is 2.26. The number of esters is 1. The van der Waals surface area contributed by atoms with Crippen molar-refractivity contribution < 1.29 is 49.3 Å². The van der Waals surface area contributed by atoms with Crippen molar-refractivity contribution >= 4 is 11.9 Å². The second-order valence-corrected chi connectivity index (χ2v) is 23.2. The molecule has 1 heterocycles. The van der Waals surface area contributed by atoms with Crippen LogP contribution in [0.4, 0.5) is 0 Å². The van der Waals surface area contributed by atoms with Crippen LogP contribution in [0.3, 0.4) is 0 Å². The first-order chi connectivity index (χ1) is 39.7. The first-order valence-corrected chi connectivity index (χ1v) is 33.7. The van der Waals surface area contributed by atoms with Crippen LogP contribution in [0.15, 0.2) is 72.9 Å². The Morgan fingerprint density at radius 3 is 1.31 bits per heavy atom. The van der Waals surface area contributed by atoms with E-state index < -0.39 is 67.4 Å². The average Bonchev–Trinajstić information content (AvgIpc) is 3.53. The Kier molecular flexibility index (Phi) is 54.1. The number of amides is 1. The molecule has 0 spiro atoms. The molecule has 0 radical (unpaired) electrons. The molecule has 1 aliphatic rings. The maximum atomic E-state index is 13.5. The second kappa shape index (κ2) is 57.5. The predicted molar refractivity (Wildman–Crippen MR) is 338 cm³/mol. The number of carbonyl (C=O) groups is 2. The van der Waals surface area contributed by atoms with Gasteiger partial charge in [0.05, 0.1) is 25.4 Å². The summed E-state index contributed by atoms with van der Waals surface area (Å²) in [6, 6.07) is -1.03. The third-order valence-corrected chi connectivity index (χ3v) is 15.6. The number of aliphatic hydroxyl groups excluding tert-OH is 5. The molecule has 6 N–H and O–H groups in total. The molecule has 0 aromatic rings. The molecule has 81 heavy (non-hydrogen) atoms. The van der Waals surface area contributed by atoms with Gasteiger partial charge in [0.15, 0.2) is 12.4 Å². The standard InChI is InChI=1S/C70H125NO10/c1-4-7-10-13-16-19-22-25-27-29-31-32-33-35-37-40-43-46-49-52-55-58-65(75)81-68-67(77)66(76)64(59-72)80-70(68)79-60-61(62(73)56-53-50-47-44-41-38-24-21-18-15-12-9-6-3)71-69(78)63(74)57-54-51-48-45-42-39-36-34-30-28-26-23-20-17-14-11-8-5-2/h16,19,25-28,31-32,35,37,53,56,61-64,66-68,70,72-74,76-77H,4-15,17-18,20-24,29-30,33-34,36,38-52,54-55,57-60H2,1-3H3,(H,71,78)/b19-16-,27-25-,28-26+,32-31-,37-35-,56-53+. The van der Waals surface area contributed by atoms with Gasteiger partial charge in [-0.05, 0) is 96.3 Å². The lowest BCUT2D eigenvalue weighted by Crippen LogP contribution is -2.61. The van der Waals surface area contributed by atoms with Crippen LogP contribution in [0, 0.1) is 0 Å². The number of rotatable bonds is 57. The van der Waals surface area contributed by atoms with Crippen LogP contribution in [0.5, 0.6) is 0 Å². The van der Waals surface area contributed by atoms with Crippen molar-refractivity contribution in [2.45, 2.75) is 346 Å². The SMILES string of the molecule is CCCCC/C=C\C/C=C\C/C=C\C/C=C\CCCCCCCC(=O)OC1C(OCC(NC(=O)C(O)CCCCCCCCCC/C=C/CCCCCCCC)C(O)/C=C/CCCCCCCCCCCCC)OC(CO)C(O)C1O. The number of unbranched alkanes of at least 4 members (excludes halogenated alkanes) is 33. The molecule has 470 valence electrons. The summed E-state index contributed by atoms with van der Waals surface area (Å²) >= 11 is 0. The van der Waals surface area contributed by atoms with E-state index in [1.165, 1.54) is 154 Å². The molecule has 1 aliphatic heterocycles. The molecular weight excluding hydrogens is 1010 g/mol. The fourth-order valence-electron chi connectivity index (χ4n) is 10.2. The van der Waals surface area contributed by atoms with Crippen molar-refractivity contribution in [2.75, 3.05) is 13.2 Å². The van der Waals surface area contributed by atoms with E-state index in [-0.39, 0.29) is 19.4 Å². The molecular formula is C70H125NO10. The Balaban J connectivity index is 2.66. The first-order valence-electron chi connectivity index (χ1n) is 33.7. The van der Waals surface area contributed by atoms with Crippen LogP contribution in [-0.4, -0.2) is 99.6 Å². The van der Waals surface area contributed by atoms with Crippen molar-refractivity contribution in [3.8, 4) is 0 Å². The topological polar surface area (TPSA) is 175 Å². The number of ether oxygens (including phenoxy) is 3. The fraction of sp³-hybridized carbons (Fsp3) is 0.800. The van der Waals surface area contributed by atoms with E-state index in [1.54, 1.807) is 6.08 Å². The maximum Gasteiger partial charge on any atom is 0.306 e. The molecule has 1 fully saturated rings. The summed E-state index contributed by atoms with van der Waals surface area (Å²) < 4.78 is 17.7. The zero-order valence-electron chi connectivity index (χ0n) is 52.1. The lowest BCUT2D eigenvalue weighted by atomic mass is 9.99. The highest BCUT2D eigenvalue weighted by Gasteiger charge is 2.47. The van der Waals surface area contributed by atoms with E-state index in [2.05, 4.69) is 86.8 Å². The van der Waals surface area contributed by atoms with E-state index in [4.69, 9.17) is 14.2 Å². The molecule has 0 saturated carbocycles. The third-order valence-electron chi connectivity index (χ3n) is 15.6. The van der Waals surface area contributed by atoms with Gasteiger partial charge in [-0.15, -0.1) is 0 Å². The Hall–Kier alpha value is -2.90. The van der Waals surface area contributed by atoms with Crippen LogP contribution in [0.2, 0.25) is 0 Å². The largest absolute Gasteiger partial charge is 0.454 e. The number of hydrogen-bond donors (Lipinski definition) is 6. The molecule has 0 aromatic carbocycles. The summed E-state index contributed by atoms with van der Waals surface area (Å²) in [7, 11) is 0. The average molecular weight is 1140 g/mol. The minimum absolute atomic E-state index is 0.101. The fourth-order valence-corrected chi connectivity index (χ4v) is 10.2. The Labute approximate surface area is 496 Å². The van der Waals surface area contributed by atoms with Gasteiger partial charge in [0, 0.05) is 6.42 Å². The summed E-state index contributed by atoms with van der Waals surface area (Å²) in [6.45, 7) is 5.77. The molecule has 0 bridgehead atoms. The molecule has 11 nitrogen and oxygen atoms in total. The van der Waals surface area contributed by atoms with Crippen LogP contribution in [0.1, 0.15) is 297 Å². The van der Waals surface area contributed by atoms with Crippen molar-refractivity contribution in [2.24, 2.45) is 0 Å². The van der Waals surface area contributed by atoms with Gasteiger partial charge in [-0.3, -0.25) is 9.59 Å². The van der Waals surface area contributed by atoms with Gasteiger partial charge >= 0.3 is 5.97 Å². The first kappa shape index (κ1) is 76.1. The quantitative estimate of drug-likeness (QED) is 0.0195. The Morgan fingerprint density at radius 2 is 0.852 bits per heavy atom. The molecule has 0 aliphatic carbocycles. The molecule has 0 aromatic heterocycles. The summed E-state index contributed by atoms with van der Waals surface area (Å²) in [5.41, 5.74) is 0. The van der Waals surface area contributed by atoms with Crippen LogP contribution >= 0.6 is 0 Å². The summed E-state index contributed by atoms with van der Waals surface area (Å²) in [5.74, 6) is -1.21. The number of hydrogen-bond acceptors (Lipinski definition) is 10. The second-order valence-electron chi connectivity index (χ2n) is 23.2. The lowest BCUT2D eigenvalue weighted by Gasteiger charge is -2.41. The molecule has 8 atom stereocenters. The molecule has 1 saturated heterocycles. The summed E-state index contributed by atoms with van der Waals surface area (Å²) in [5, 5.41) is 57.1. The number of nitrogens with one attached hydrogen (secondary N) is 1. The molecule has 1 amide bonds. The Bertz CT molecular complexity index is 1590. The normalized spacial score (nSPS) is 19.1. The number of carbonyl (C=O) groups excluding carboxylic acids is 2. The Morgan fingerprint density at radius 1 is 0.481 bits per heavy atom. The van der Waals surface area contributed by atoms with E-state index in [0.29, 0.717) is 12.8 Å².